The highest BCUT2D eigenvalue weighted by molar-refractivity contribution is 5.80. The van der Waals surface area contributed by atoms with Crippen molar-refractivity contribution in [3.8, 4) is 5.75 Å². The van der Waals surface area contributed by atoms with Crippen molar-refractivity contribution in [3.05, 3.63) is 29.8 Å². The molecule has 2 rings (SSSR count). The van der Waals surface area contributed by atoms with Crippen LogP contribution in [-0.4, -0.2) is 62.1 Å². The van der Waals surface area contributed by atoms with E-state index in [1.165, 1.54) is 0 Å². The number of rotatable bonds is 7. The van der Waals surface area contributed by atoms with Crippen molar-refractivity contribution in [2.75, 3.05) is 39.5 Å². The summed E-state index contributed by atoms with van der Waals surface area (Å²) in [7, 11) is 0. The van der Waals surface area contributed by atoms with Crippen LogP contribution in [0, 0.1) is 0 Å². The van der Waals surface area contributed by atoms with Crippen LogP contribution in [-0.2, 0) is 9.53 Å². The predicted octanol–water partition coefficient (Wildman–Crippen LogP) is 1.10. The zero-order valence-corrected chi connectivity index (χ0v) is 13.7. The highest BCUT2D eigenvalue weighted by Gasteiger charge is 2.28. The van der Waals surface area contributed by atoms with Crippen molar-refractivity contribution < 1.29 is 19.1 Å². The van der Waals surface area contributed by atoms with Crippen molar-refractivity contribution in [3.63, 3.8) is 0 Å². The number of aldehydes is 1. The molecular formula is C17H24N2O4. The first kappa shape index (κ1) is 17.4. The molecule has 1 aromatic carbocycles. The van der Waals surface area contributed by atoms with E-state index in [4.69, 9.17) is 9.47 Å². The first-order valence-electron chi connectivity index (χ1n) is 7.79. The lowest BCUT2D eigenvalue weighted by Crippen LogP contribution is -2.55. The highest BCUT2D eigenvalue weighted by atomic mass is 16.5. The summed E-state index contributed by atoms with van der Waals surface area (Å²) in [5.41, 5.74) is 0.300. The maximum absolute atomic E-state index is 12.0. The zero-order chi connectivity index (χ0) is 16.7. The molecular weight excluding hydrogens is 296 g/mol. The maximum atomic E-state index is 12.0. The number of benzene rings is 1. The number of amides is 1. The fraction of sp³-hybridized carbons (Fsp3) is 0.529. The summed E-state index contributed by atoms with van der Waals surface area (Å²) in [5.74, 6) is 0.220. The summed E-state index contributed by atoms with van der Waals surface area (Å²) in [6.45, 7) is 7.81. The van der Waals surface area contributed by atoms with Gasteiger partial charge in [-0.3, -0.25) is 14.5 Å². The molecule has 1 heterocycles. The Bertz CT molecular complexity index is 539. The van der Waals surface area contributed by atoms with Crippen LogP contribution in [0.1, 0.15) is 24.2 Å². The molecule has 23 heavy (non-hydrogen) atoms. The lowest BCUT2D eigenvalue weighted by molar-refractivity contribution is -0.123. The van der Waals surface area contributed by atoms with Crippen LogP contribution in [0.2, 0.25) is 0 Å². The Morgan fingerprint density at radius 3 is 2.74 bits per heavy atom. The molecule has 0 radical (unpaired) electrons. The van der Waals surface area contributed by atoms with Gasteiger partial charge in [-0.1, -0.05) is 12.1 Å². The molecule has 6 heteroatoms. The third-order valence-electron chi connectivity index (χ3n) is 3.99. The molecule has 0 bridgehead atoms. The van der Waals surface area contributed by atoms with Crippen molar-refractivity contribution in [1.29, 1.82) is 0 Å². The van der Waals surface area contributed by atoms with Crippen LogP contribution < -0.4 is 10.1 Å². The minimum absolute atomic E-state index is 0.107. The van der Waals surface area contributed by atoms with Gasteiger partial charge in [-0.05, 0) is 26.0 Å². The van der Waals surface area contributed by atoms with Crippen LogP contribution in [0.5, 0.6) is 5.75 Å². The third-order valence-corrected chi connectivity index (χ3v) is 3.99. The van der Waals surface area contributed by atoms with E-state index in [9.17, 15) is 9.59 Å². The summed E-state index contributed by atoms with van der Waals surface area (Å²) in [6, 6.07) is 6.85. The molecule has 1 N–H and O–H groups in total. The number of nitrogens with one attached hydrogen (secondary N) is 1. The number of para-hydroxylation sites is 1. The van der Waals surface area contributed by atoms with Crippen molar-refractivity contribution in [2.24, 2.45) is 0 Å². The van der Waals surface area contributed by atoms with Crippen molar-refractivity contribution in [1.82, 2.24) is 10.2 Å². The van der Waals surface area contributed by atoms with Gasteiger partial charge in [0.05, 0.1) is 18.8 Å². The Labute approximate surface area is 136 Å². The quantitative estimate of drug-likeness (QED) is 0.762. The van der Waals surface area contributed by atoms with Gasteiger partial charge in [-0.2, -0.15) is 0 Å². The Morgan fingerprint density at radius 1 is 1.35 bits per heavy atom. The molecule has 126 valence electrons. The summed E-state index contributed by atoms with van der Waals surface area (Å²) < 4.78 is 10.8. The van der Waals surface area contributed by atoms with E-state index >= 15 is 0 Å². The molecule has 6 nitrogen and oxygen atoms in total. The maximum Gasteiger partial charge on any atom is 0.258 e. The zero-order valence-electron chi connectivity index (χ0n) is 13.7. The van der Waals surface area contributed by atoms with Crippen LogP contribution >= 0.6 is 0 Å². The first-order chi connectivity index (χ1) is 11.0. The fourth-order valence-electron chi connectivity index (χ4n) is 2.50. The van der Waals surface area contributed by atoms with E-state index in [0.717, 1.165) is 32.6 Å². The third kappa shape index (κ3) is 5.04. The smallest absolute Gasteiger partial charge is 0.258 e. The summed E-state index contributed by atoms with van der Waals surface area (Å²) in [4.78, 5) is 25.2. The predicted molar refractivity (Wildman–Crippen MR) is 86.8 cm³/mol. The number of hydrogen-bond donors (Lipinski definition) is 1. The molecule has 1 saturated heterocycles. The first-order valence-corrected chi connectivity index (χ1v) is 7.79. The lowest BCUT2D eigenvalue weighted by atomic mass is 10.0. The largest absolute Gasteiger partial charge is 0.483 e. The second-order valence-corrected chi connectivity index (χ2v) is 6.13. The fourth-order valence-corrected chi connectivity index (χ4v) is 2.50. The van der Waals surface area contributed by atoms with Gasteiger partial charge in [0, 0.05) is 25.2 Å². The van der Waals surface area contributed by atoms with Gasteiger partial charge < -0.3 is 14.8 Å². The minimum Gasteiger partial charge on any atom is -0.483 e. The van der Waals surface area contributed by atoms with Crippen LogP contribution in [0.4, 0.5) is 0 Å². The Kier molecular flexibility index (Phi) is 6.12. The molecule has 1 amide bonds. The molecule has 0 spiro atoms. The number of morpholine rings is 1. The van der Waals surface area contributed by atoms with E-state index in [1.807, 2.05) is 0 Å². The monoisotopic (exact) mass is 320 g/mol. The van der Waals surface area contributed by atoms with Gasteiger partial charge in [-0.25, -0.2) is 0 Å². The standard InChI is InChI=1S/C17H24N2O4/c1-17(2,19-7-9-22-10-8-19)13-18-16(21)12-23-15-6-4-3-5-14(15)11-20/h3-6,11H,7-10,12-13H2,1-2H3,(H,18,21). The lowest BCUT2D eigenvalue weighted by Gasteiger charge is -2.40. The van der Waals surface area contributed by atoms with Gasteiger partial charge in [0.15, 0.2) is 12.9 Å². The van der Waals surface area contributed by atoms with E-state index in [-0.39, 0.29) is 18.1 Å². The normalized spacial score (nSPS) is 15.9. The average Bonchev–Trinajstić information content (AvgIpc) is 2.59. The Hall–Kier alpha value is -1.92. The molecule has 0 aromatic heterocycles. The topological polar surface area (TPSA) is 67.9 Å². The van der Waals surface area contributed by atoms with E-state index in [2.05, 4.69) is 24.1 Å². The average molecular weight is 320 g/mol. The van der Waals surface area contributed by atoms with Crippen LogP contribution in [0.25, 0.3) is 0 Å². The Morgan fingerprint density at radius 2 is 2.04 bits per heavy atom. The Balaban J connectivity index is 1.79. The molecule has 1 aliphatic rings. The van der Waals surface area contributed by atoms with E-state index in [1.54, 1.807) is 24.3 Å². The van der Waals surface area contributed by atoms with Gasteiger partial charge >= 0.3 is 0 Å². The summed E-state index contributed by atoms with van der Waals surface area (Å²) in [5, 5.41) is 2.89. The van der Waals surface area contributed by atoms with Gasteiger partial charge in [0.1, 0.15) is 5.75 Å². The number of ether oxygens (including phenoxy) is 2. The van der Waals surface area contributed by atoms with Gasteiger partial charge in [0.2, 0.25) is 0 Å². The molecule has 0 aliphatic carbocycles. The van der Waals surface area contributed by atoms with Gasteiger partial charge in [-0.15, -0.1) is 0 Å². The summed E-state index contributed by atoms with van der Waals surface area (Å²) in [6.07, 6.45) is 0.717. The van der Waals surface area contributed by atoms with Crippen LogP contribution in [0.15, 0.2) is 24.3 Å². The summed E-state index contributed by atoms with van der Waals surface area (Å²) >= 11 is 0. The van der Waals surface area contributed by atoms with Gasteiger partial charge in [0.25, 0.3) is 5.91 Å². The second-order valence-electron chi connectivity index (χ2n) is 6.13. The van der Waals surface area contributed by atoms with E-state index in [0.29, 0.717) is 17.9 Å². The van der Waals surface area contributed by atoms with E-state index < -0.39 is 0 Å². The van der Waals surface area contributed by atoms with Crippen LogP contribution in [0.3, 0.4) is 0 Å². The molecule has 1 aliphatic heterocycles. The number of carbonyl (C=O) groups is 2. The second kappa shape index (κ2) is 8.08. The number of hydrogen-bond acceptors (Lipinski definition) is 5. The molecule has 0 atom stereocenters. The highest BCUT2D eigenvalue weighted by Crippen LogP contribution is 2.16. The SMILES string of the molecule is CC(C)(CNC(=O)COc1ccccc1C=O)N1CCOCC1. The number of carbonyl (C=O) groups excluding carboxylic acids is 2. The minimum atomic E-state index is -0.202. The molecule has 1 fully saturated rings. The molecule has 1 aromatic rings. The number of nitrogens with zero attached hydrogens (tertiary/aromatic N) is 1. The molecule has 0 unspecified atom stereocenters. The van der Waals surface area contributed by atoms with Crippen molar-refractivity contribution in [2.45, 2.75) is 19.4 Å². The molecule has 0 saturated carbocycles. The van der Waals surface area contributed by atoms with Crippen molar-refractivity contribution >= 4 is 12.2 Å².